The number of aromatic nitrogens is 4. The summed E-state index contributed by atoms with van der Waals surface area (Å²) in [5.41, 5.74) is 7.72. The zero-order valence-electron chi connectivity index (χ0n) is 21.2. The van der Waals surface area contributed by atoms with Crippen molar-refractivity contribution >= 4 is 28.3 Å². The number of anilines is 1. The van der Waals surface area contributed by atoms with Gasteiger partial charge in [-0.05, 0) is 29.9 Å². The molecule has 5 heterocycles. The number of rotatable bonds is 4. The lowest BCUT2D eigenvalue weighted by atomic mass is 9.74. The van der Waals surface area contributed by atoms with E-state index in [-0.39, 0.29) is 38.4 Å². The fraction of sp³-hybridized carbons (Fsp3) is 0.286. The van der Waals surface area contributed by atoms with Crippen LogP contribution in [0.25, 0.3) is 21.9 Å². The molecule has 9 nitrogen and oxygen atoms in total. The van der Waals surface area contributed by atoms with Gasteiger partial charge in [-0.15, -0.1) is 0 Å². The van der Waals surface area contributed by atoms with Crippen molar-refractivity contribution in [1.82, 2.24) is 24.8 Å². The van der Waals surface area contributed by atoms with Gasteiger partial charge in [-0.1, -0.05) is 24.3 Å². The first kappa shape index (κ1) is 25.8. The van der Waals surface area contributed by atoms with Gasteiger partial charge in [0.05, 0.1) is 29.5 Å². The van der Waals surface area contributed by atoms with Gasteiger partial charge in [0.1, 0.15) is 6.33 Å². The highest BCUT2D eigenvalue weighted by Crippen LogP contribution is 2.48. The number of nitrogens with two attached hydrogens (primary N) is 1. The first-order chi connectivity index (χ1) is 19.2. The predicted octanol–water partition coefficient (Wildman–Crippen LogP) is 3.38. The van der Waals surface area contributed by atoms with Crippen molar-refractivity contribution in [1.29, 1.82) is 0 Å². The highest BCUT2D eigenvalue weighted by atomic mass is 19.4. The normalized spacial score (nSPS) is 17.4. The van der Waals surface area contributed by atoms with Gasteiger partial charge < -0.3 is 15.5 Å². The van der Waals surface area contributed by atoms with E-state index in [0.29, 0.717) is 11.4 Å². The van der Waals surface area contributed by atoms with E-state index in [1.54, 1.807) is 42.0 Å². The van der Waals surface area contributed by atoms with Crippen LogP contribution in [0.4, 0.5) is 18.9 Å². The van der Waals surface area contributed by atoms with E-state index in [1.807, 2.05) is 24.3 Å². The topological polar surface area (TPSA) is 118 Å². The molecule has 1 aromatic carbocycles. The predicted molar refractivity (Wildman–Crippen MR) is 140 cm³/mol. The minimum absolute atomic E-state index is 0.0230. The lowest BCUT2D eigenvalue weighted by Gasteiger charge is -2.39. The molecule has 3 aromatic heterocycles. The number of fused-ring (bicyclic) bond motifs is 3. The number of piperidine rings is 1. The van der Waals surface area contributed by atoms with E-state index >= 15 is 0 Å². The highest BCUT2D eigenvalue weighted by molar-refractivity contribution is 6.08. The van der Waals surface area contributed by atoms with Crippen LogP contribution in [0.2, 0.25) is 0 Å². The van der Waals surface area contributed by atoms with Gasteiger partial charge in [0, 0.05) is 54.4 Å². The van der Waals surface area contributed by atoms with E-state index in [0.717, 1.165) is 32.4 Å². The second-order valence-electron chi connectivity index (χ2n) is 10.0. The third kappa shape index (κ3) is 4.15. The molecule has 1 atom stereocenters. The van der Waals surface area contributed by atoms with Crippen LogP contribution in [0.3, 0.4) is 0 Å². The molecule has 1 spiro atoms. The summed E-state index contributed by atoms with van der Waals surface area (Å²) in [5.74, 6) is -1.39. The van der Waals surface area contributed by atoms with Crippen molar-refractivity contribution in [2.24, 2.45) is 5.73 Å². The van der Waals surface area contributed by atoms with Crippen molar-refractivity contribution in [3.63, 3.8) is 0 Å². The molecule has 0 radical (unpaired) electrons. The molecule has 204 valence electrons. The second kappa shape index (κ2) is 9.63. The summed E-state index contributed by atoms with van der Waals surface area (Å²) in [4.78, 5) is 46.6. The number of hydrogen-bond donors (Lipinski definition) is 1. The Morgan fingerprint density at radius 1 is 1.02 bits per heavy atom. The van der Waals surface area contributed by atoms with Gasteiger partial charge in [-0.2, -0.15) is 13.2 Å². The van der Waals surface area contributed by atoms with Gasteiger partial charge in [-0.3, -0.25) is 19.6 Å². The molecule has 1 unspecified atom stereocenters. The first-order valence-corrected chi connectivity index (χ1v) is 12.7. The smallest absolute Gasteiger partial charge is 0.341 e. The summed E-state index contributed by atoms with van der Waals surface area (Å²) in [5, 5.41) is 1.85. The number of amides is 2. The zero-order valence-corrected chi connectivity index (χ0v) is 21.2. The van der Waals surface area contributed by atoms with Crippen LogP contribution in [0.1, 0.15) is 24.1 Å². The fourth-order valence-corrected chi connectivity index (χ4v) is 5.80. The van der Waals surface area contributed by atoms with Gasteiger partial charge in [0.25, 0.3) is 0 Å². The summed E-state index contributed by atoms with van der Waals surface area (Å²) < 4.78 is 39.2. The Kier molecular flexibility index (Phi) is 6.21. The van der Waals surface area contributed by atoms with Crippen molar-refractivity contribution < 1.29 is 22.8 Å². The van der Waals surface area contributed by atoms with Crippen LogP contribution in [0.15, 0.2) is 67.6 Å². The van der Waals surface area contributed by atoms with Gasteiger partial charge in [0.15, 0.2) is 6.04 Å². The van der Waals surface area contributed by atoms with Crippen molar-refractivity contribution in [3.05, 3.63) is 78.9 Å². The quantitative estimate of drug-likeness (QED) is 0.416. The van der Waals surface area contributed by atoms with Gasteiger partial charge in [-0.25, -0.2) is 9.97 Å². The van der Waals surface area contributed by atoms with Crippen molar-refractivity contribution in [3.8, 4) is 11.1 Å². The Bertz CT molecular complexity index is 1600. The molecular formula is C28H24F3N7O2. The number of likely N-dealkylation sites (tertiary alicyclic amines) is 1. The maximum atomic E-state index is 14.2. The average molecular weight is 548 g/mol. The minimum atomic E-state index is -4.83. The van der Waals surface area contributed by atoms with E-state index < -0.39 is 23.5 Å². The largest absolute Gasteiger partial charge is 0.412 e. The van der Waals surface area contributed by atoms with Crippen LogP contribution < -0.4 is 10.6 Å². The lowest BCUT2D eigenvalue weighted by Crippen LogP contribution is -2.56. The Balaban J connectivity index is 1.35. The molecule has 6 rings (SSSR count). The van der Waals surface area contributed by atoms with Crippen LogP contribution in [0, 0.1) is 0 Å². The number of nitrogens with zero attached hydrogens (tertiary/aromatic N) is 6. The number of benzene rings is 1. The van der Waals surface area contributed by atoms with E-state index in [9.17, 15) is 22.8 Å². The molecule has 1 saturated heterocycles. The molecule has 40 heavy (non-hydrogen) atoms. The highest BCUT2D eigenvalue weighted by Gasteiger charge is 2.54. The number of carbonyl (C=O) groups excluding carboxylic acids is 2. The summed E-state index contributed by atoms with van der Waals surface area (Å²) in [7, 11) is 0. The maximum Gasteiger partial charge on any atom is 0.412 e. The van der Waals surface area contributed by atoms with Crippen LogP contribution in [-0.2, 0) is 21.5 Å². The molecule has 2 amide bonds. The van der Waals surface area contributed by atoms with E-state index in [1.165, 1.54) is 6.33 Å². The first-order valence-electron chi connectivity index (χ1n) is 12.7. The molecule has 1 fully saturated rings. The molecule has 0 saturated carbocycles. The third-order valence-electron chi connectivity index (χ3n) is 7.84. The Labute approximate surface area is 226 Å². The molecule has 2 N–H and O–H groups in total. The number of carbonyl (C=O) groups is 2. The third-order valence-corrected chi connectivity index (χ3v) is 7.84. The number of halogens is 3. The summed E-state index contributed by atoms with van der Waals surface area (Å²) in [6, 6.07) is 6.95. The van der Waals surface area contributed by atoms with Crippen LogP contribution in [0.5, 0.6) is 0 Å². The lowest BCUT2D eigenvalue weighted by molar-refractivity contribution is -0.171. The summed E-state index contributed by atoms with van der Waals surface area (Å²) in [6.45, 7) is 0.0888. The Morgan fingerprint density at radius 2 is 1.75 bits per heavy atom. The molecule has 2 aliphatic heterocycles. The minimum Gasteiger partial charge on any atom is -0.341 e. The second-order valence-corrected chi connectivity index (χ2v) is 10.0. The Morgan fingerprint density at radius 3 is 2.48 bits per heavy atom. The van der Waals surface area contributed by atoms with Crippen LogP contribution >= 0.6 is 0 Å². The molecule has 0 bridgehead atoms. The van der Waals surface area contributed by atoms with Gasteiger partial charge >= 0.3 is 6.18 Å². The van der Waals surface area contributed by atoms with Gasteiger partial charge in [0.2, 0.25) is 11.8 Å². The number of hydrogen-bond acceptors (Lipinski definition) is 7. The molecule has 0 aliphatic carbocycles. The standard InChI is InChI=1S/C28H24F3N7O2/c29-28(30,31)24(32)25(39)37-9-6-27(7-10-37)20-5-8-33-14-22(20)38(26(27)40)15-21-23(18-11-34-16-35-12-18)19-4-2-1-3-17(19)13-36-21/h1-5,8,11-14,16,24H,6-7,9-10,15,32H2. The molecule has 4 aromatic rings. The number of alkyl halides is 3. The molecule has 12 heteroatoms. The van der Waals surface area contributed by atoms with Crippen LogP contribution in [-0.4, -0.2) is 62.0 Å². The summed E-state index contributed by atoms with van der Waals surface area (Å²) in [6.07, 6.45) is 5.30. The monoisotopic (exact) mass is 547 g/mol. The van der Waals surface area contributed by atoms with Crippen molar-refractivity contribution in [2.75, 3.05) is 18.0 Å². The molecular weight excluding hydrogens is 523 g/mol. The maximum absolute atomic E-state index is 14.2. The SMILES string of the molecule is NC(C(=O)N1CCC2(CC1)C(=O)N(Cc1ncc3ccccc3c1-c1cncnc1)c1cnccc12)C(F)(F)F. The zero-order chi connectivity index (χ0) is 28.1. The molecule has 2 aliphatic rings. The fourth-order valence-electron chi connectivity index (χ4n) is 5.80. The Hall–Kier alpha value is -4.45. The number of pyridine rings is 2. The van der Waals surface area contributed by atoms with E-state index in [2.05, 4.69) is 15.0 Å². The van der Waals surface area contributed by atoms with E-state index in [4.69, 9.17) is 10.7 Å². The average Bonchev–Trinajstić information content (AvgIpc) is 3.19. The summed E-state index contributed by atoms with van der Waals surface area (Å²) >= 11 is 0. The van der Waals surface area contributed by atoms with Crippen molar-refractivity contribution in [2.45, 2.75) is 37.0 Å².